The van der Waals surface area contributed by atoms with E-state index in [0.717, 1.165) is 22.5 Å². The van der Waals surface area contributed by atoms with Gasteiger partial charge in [-0.2, -0.15) is 16.5 Å². The highest BCUT2D eigenvalue weighted by Gasteiger charge is 2.31. The minimum atomic E-state index is 1.10. The second-order valence-electron chi connectivity index (χ2n) is 8.30. The van der Waals surface area contributed by atoms with Crippen molar-refractivity contribution in [3.63, 3.8) is 0 Å². The van der Waals surface area contributed by atoms with Gasteiger partial charge in [-0.1, -0.05) is 39.8 Å². The van der Waals surface area contributed by atoms with Crippen LogP contribution in [0, 0.1) is 48.3 Å². The molecule has 4 heteroatoms. The summed E-state index contributed by atoms with van der Waals surface area (Å²) in [5, 5.41) is 0. The number of fused-ring (bicyclic) bond motifs is 5. The van der Waals surface area contributed by atoms with Crippen molar-refractivity contribution in [1.82, 2.24) is 0 Å². The molecule has 0 aliphatic heterocycles. The van der Waals surface area contributed by atoms with Crippen molar-refractivity contribution in [2.45, 2.75) is 69.2 Å². The molecule has 0 aliphatic carbocycles. The molecule has 0 saturated heterocycles. The van der Waals surface area contributed by atoms with Crippen LogP contribution in [0.3, 0.4) is 0 Å². The van der Waals surface area contributed by atoms with Crippen LogP contribution >= 0.6 is 0 Å². The minimum absolute atomic E-state index is 1.10. The number of benzene rings is 2. The van der Waals surface area contributed by atoms with Gasteiger partial charge in [0.1, 0.15) is 33.8 Å². The minimum Gasteiger partial charge on any atom is -0.276 e. The first-order valence-corrected chi connectivity index (χ1v) is 12.4. The molecule has 3 aromatic heterocycles. The number of rotatable bonds is 0. The second-order valence-corrected chi connectivity index (χ2v) is 8.30. The van der Waals surface area contributed by atoms with Crippen LogP contribution in [0.2, 0.25) is 0 Å². The van der Waals surface area contributed by atoms with Crippen molar-refractivity contribution >= 4 is 27.8 Å². The summed E-state index contributed by atoms with van der Waals surface area (Å²) in [6.45, 7) is 25.6. The molecule has 0 unspecified atom stereocenters. The highest BCUT2D eigenvalue weighted by molar-refractivity contribution is 5.70. The number of nitrogens with zero attached hydrogens (tertiary/aromatic N) is 4. The van der Waals surface area contributed by atoms with E-state index in [4.69, 9.17) is 0 Å². The summed E-state index contributed by atoms with van der Waals surface area (Å²) in [7, 11) is 0. The van der Waals surface area contributed by atoms with Crippen LogP contribution in [-0.4, -0.2) is 0 Å². The quantitative estimate of drug-likeness (QED) is 0.226. The van der Waals surface area contributed by atoms with E-state index in [1.807, 2.05) is 27.7 Å². The van der Waals surface area contributed by atoms with Gasteiger partial charge in [-0.05, 0) is 41.5 Å². The Morgan fingerprint density at radius 2 is 1.24 bits per heavy atom. The van der Waals surface area contributed by atoms with Crippen LogP contribution < -0.4 is 17.4 Å². The molecule has 0 atom stereocenters. The van der Waals surface area contributed by atoms with Crippen molar-refractivity contribution in [2.24, 2.45) is 0 Å². The maximum Gasteiger partial charge on any atom is 0.618 e. The molecule has 0 fully saturated rings. The summed E-state index contributed by atoms with van der Waals surface area (Å²) in [6.07, 6.45) is 0. The Kier molecular flexibility index (Phi) is 7.30. The first-order chi connectivity index (χ1) is 16.3. The Hall–Kier alpha value is -3.40. The smallest absolute Gasteiger partial charge is 0.276 e. The monoisotopic (exact) mass is 456 g/mol. The fourth-order valence-corrected chi connectivity index (χ4v) is 4.75. The Labute approximate surface area is 203 Å². The SMILES string of the molecule is C=[n+]1c(C)c(C)[c-](C)[n+]2c3cccc[c-]3[n+]3c(C)c(C)c(C)[n+](c23)[c-]2cccc[c-]21.CC.CC. The largest absolute Gasteiger partial charge is 0.618 e. The van der Waals surface area contributed by atoms with Crippen LogP contribution in [0.5, 0.6) is 0 Å². The lowest BCUT2D eigenvalue weighted by molar-refractivity contribution is -0.705. The molecule has 0 spiro atoms. The maximum atomic E-state index is 4.42. The van der Waals surface area contributed by atoms with Gasteiger partial charge in [0.25, 0.3) is 0 Å². The number of aryl methyl sites for hydroxylation is 3. The molecular weight excluding hydrogens is 416 g/mol. The number of hydrogen-bond donors (Lipinski definition) is 0. The Balaban J connectivity index is 0.000000771. The van der Waals surface area contributed by atoms with E-state index < -0.39 is 0 Å². The zero-order chi connectivity index (χ0) is 25.3. The van der Waals surface area contributed by atoms with Gasteiger partial charge in [0.05, 0.1) is 6.72 Å². The molecule has 5 aromatic rings. The molecule has 2 aromatic carbocycles. The zero-order valence-corrected chi connectivity index (χ0v) is 22.6. The molecule has 0 radical (unpaired) electrons. The Morgan fingerprint density at radius 3 is 1.88 bits per heavy atom. The number of para-hydroxylation sites is 4. The first kappa shape index (κ1) is 25.2. The van der Waals surface area contributed by atoms with Gasteiger partial charge >= 0.3 is 5.78 Å². The Morgan fingerprint density at radius 1 is 0.676 bits per heavy atom. The average Bonchev–Trinajstić information content (AvgIpc) is 3.23. The molecule has 0 aliphatic rings. The molecule has 0 saturated carbocycles. The first-order valence-electron chi connectivity index (χ1n) is 12.4. The van der Waals surface area contributed by atoms with Crippen molar-refractivity contribution < 1.29 is 17.4 Å². The standard InChI is InChI=1S/C26H28N4.2C2H6/c1-16-18(3)27(7)22-12-8-9-13-23(22)28-20(5)17(2)21(6)30-25-15-11-10-14-24(25)29(19(16)4)26(28)30;2*1-2/h8-15H,7H2,1-6H3;2*1-2H3. The highest BCUT2D eigenvalue weighted by Crippen LogP contribution is 2.16. The third kappa shape index (κ3) is 3.53. The van der Waals surface area contributed by atoms with Crippen LogP contribution in [-0.2, 0) is 0 Å². The normalized spacial score (nSPS) is 10.8. The molecular formula is C30H40N4. The number of hydrogen-bond acceptors (Lipinski definition) is 0. The van der Waals surface area contributed by atoms with Crippen molar-refractivity contribution in [3.05, 3.63) is 89.2 Å². The van der Waals surface area contributed by atoms with Gasteiger partial charge in [-0.15, -0.1) is 33.1 Å². The molecule has 0 N–H and O–H groups in total. The highest BCUT2D eigenvalue weighted by atomic mass is 15.2. The molecule has 34 heavy (non-hydrogen) atoms. The van der Waals surface area contributed by atoms with E-state index in [0.29, 0.717) is 0 Å². The van der Waals surface area contributed by atoms with E-state index in [9.17, 15) is 0 Å². The summed E-state index contributed by atoms with van der Waals surface area (Å²) in [4.78, 5) is 0. The summed E-state index contributed by atoms with van der Waals surface area (Å²) in [5.74, 6) is 1.14. The third-order valence-corrected chi connectivity index (χ3v) is 6.96. The maximum absolute atomic E-state index is 4.42. The van der Waals surface area contributed by atoms with Crippen molar-refractivity contribution in [2.75, 3.05) is 0 Å². The van der Waals surface area contributed by atoms with E-state index >= 15 is 0 Å². The van der Waals surface area contributed by atoms with E-state index in [2.05, 4.69) is 114 Å². The number of aromatic nitrogens is 4. The van der Waals surface area contributed by atoms with Gasteiger partial charge in [-0.25, -0.2) is 0 Å². The predicted octanol–water partition coefficient (Wildman–Crippen LogP) is 5.17. The fourth-order valence-electron chi connectivity index (χ4n) is 4.75. The predicted molar refractivity (Wildman–Crippen MR) is 140 cm³/mol. The van der Waals surface area contributed by atoms with Gasteiger partial charge in [0.2, 0.25) is 0 Å². The van der Waals surface area contributed by atoms with Crippen LogP contribution in [0.1, 0.15) is 61.6 Å². The topological polar surface area (TPSA) is 18.2 Å². The summed E-state index contributed by atoms with van der Waals surface area (Å²) >= 11 is 0. The van der Waals surface area contributed by atoms with Gasteiger partial charge in [-0.3, -0.25) is 4.24 Å². The van der Waals surface area contributed by atoms with Crippen molar-refractivity contribution in [3.8, 4) is 0 Å². The lowest BCUT2D eigenvalue weighted by atomic mass is 10.2. The second kappa shape index (κ2) is 9.84. The van der Waals surface area contributed by atoms with Gasteiger partial charge in [0.15, 0.2) is 11.0 Å². The van der Waals surface area contributed by atoms with Crippen LogP contribution in [0.25, 0.3) is 27.8 Å². The summed E-state index contributed by atoms with van der Waals surface area (Å²) in [5.41, 5.74) is 12.0. The molecule has 0 bridgehead atoms. The molecule has 4 nitrogen and oxygen atoms in total. The summed E-state index contributed by atoms with van der Waals surface area (Å²) in [6, 6.07) is 17.2. The lowest BCUT2D eigenvalue weighted by Gasteiger charge is -2.05. The number of imidazole rings is 1. The van der Waals surface area contributed by atoms with E-state index in [1.165, 1.54) is 39.2 Å². The third-order valence-electron chi connectivity index (χ3n) is 6.96. The molecule has 5 rings (SSSR count). The van der Waals surface area contributed by atoms with E-state index in [-0.39, 0.29) is 0 Å². The van der Waals surface area contributed by atoms with Crippen LogP contribution in [0.15, 0.2) is 48.5 Å². The average molecular weight is 457 g/mol. The Bertz CT molecular complexity index is 1620. The molecule has 3 heterocycles. The zero-order valence-electron chi connectivity index (χ0n) is 22.6. The molecule has 180 valence electrons. The van der Waals surface area contributed by atoms with Crippen molar-refractivity contribution in [1.29, 1.82) is 0 Å². The molecule has 0 amide bonds. The fraction of sp³-hybridized carbons (Fsp3) is 0.333. The van der Waals surface area contributed by atoms with E-state index in [1.54, 1.807) is 0 Å². The lowest BCUT2D eigenvalue weighted by Crippen LogP contribution is -2.47. The summed E-state index contributed by atoms with van der Waals surface area (Å²) < 4.78 is 9.27. The van der Waals surface area contributed by atoms with Gasteiger partial charge in [0, 0.05) is 11.1 Å². The van der Waals surface area contributed by atoms with Crippen LogP contribution in [0.4, 0.5) is 0 Å². The van der Waals surface area contributed by atoms with Gasteiger partial charge < -0.3 is 0 Å².